The molecular formula is C6H11NO3. The van der Waals surface area contributed by atoms with E-state index in [2.05, 4.69) is 5.32 Å². The summed E-state index contributed by atoms with van der Waals surface area (Å²) in [6, 6.07) is 0. The number of aliphatic hydroxyl groups excluding tert-OH is 1. The molecule has 58 valence electrons. The number of aliphatic carboxylic acids is 1. The van der Waals surface area contributed by atoms with Crippen molar-refractivity contribution in [1.82, 2.24) is 5.32 Å². The number of carboxylic acid groups (broad SMARTS) is 1. The lowest BCUT2D eigenvalue weighted by Crippen LogP contribution is -2.43. The molecule has 0 bridgehead atoms. The first kappa shape index (κ1) is 7.50. The normalized spacial score (nSPS) is 33.7. The van der Waals surface area contributed by atoms with Crippen LogP contribution in [0.15, 0.2) is 0 Å². The smallest absolute Gasteiger partial charge is 0.309 e. The average Bonchev–Trinajstić information content (AvgIpc) is 1.88. The molecule has 0 radical (unpaired) electrons. The van der Waals surface area contributed by atoms with Crippen LogP contribution in [0.25, 0.3) is 0 Å². The van der Waals surface area contributed by atoms with Crippen molar-refractivity contribution in [1.29, 1.82) is 0 Å². The lowest BCUT2D eigenvalue weighted by atomic mass is 9.96. The van der Waals surface area contributed by atoms with Crippen LogP contribution in [-0.4, -0.2) is 35.4 Å². The van der Waals surface area contributed by atoms with Crippen LogP contribution < -0.4 is 5.32 Å². The minimum absolute atomic E-state index is 0.400. The molecule has 0 saturated carbocycles. The zero-order chi connectivity index (χ0) is 7.56. The van der Waals surface area contributed by atoms with Crippen LogP contribution in [-0.2, 0) is 4.79 Å². The second kappa shape index (κ2) is 2.98. The van der Waals surface area contributed by atoms with E-state index >= 15 is 0 Å². The molecule has 1 heterocycles. The molecule has 0 spiro atoms. The molecule has 0 aromatic rings. The van der Waals surface area contributed by atoms with Crippen molar-refractivity contribution in [2.75, 3.05) is 13.1 Å². The van der Waals surface area contributed by atoms with Gasteiger partial charge < -0.3 is 15.5 Å². The number of rotatable bonds is 1. The van der Waals surface area contributed by atoms with E-state index in [0.717, 1.165) is 0 Å². The van der Waals surface area contributed by atoms with Crippen molar-refractivity contribution in [3.05, 3.63) is 0 Å². The Labute approximate surface area is 58.9 Å². The van der Waals surface area contributed by atoms with Crippen LogP contribution in [0, 0.1) is 5.92 Å². The second-order valence-electron chi connectivity index (χ2n) is 2.50. The van der Waals surface area contributed by atoms with Gasteiger partial charge in [-0.25, -0.2) is 0 Å². The van der Waals surface area contributed by atoms with Gasteiger partial charge in [-0.2, -0.15) is 0 Å². The fraction of sp³-hybridized carbons (Fsp3) is 0.833. The number of hydrogen-bond acceptors (Lipinski definition) is 3. The highest BCUT2D eigenvalue weighted by Crippen LogP contribution is 2.11. The van der Waals surface area contributed by atoms with Crippen LogP contribution in [0.4, 0.5) is 0 Å². The average molecular weight is 145 g/mol. The van der Waals surface area contributed by atoms with Crippen molar-refractivity contribution in [2.45, 2.75) is 12.5 Å². The molecule has 1 aliphatic rings. The number of carbonyl (C=O) groups is 1. The summed E-state index contributed by atoms with van der Waals surface area (Å²) in [7, 11) is 0. The van der Waals surface area contributed by atoms with Crippen LogP contribution in [0.1, 0.15) is 6.42 Å². The van der Waals surface area contributed by atoms with E-state index in [4.69, 9.17) is 10.2 Å². The highest BCUT2D eigenvalue weighted by Gasteiger charge is 2.28. The van der Waals surface area contributed by atoms with E-state index < -0.39 is 18.0 Å². The number of carboxylic acids is 1. The Morgan fingerprint density at radius 1 is 1.60 bits per heavy atom. The van der Waals surface area contributed by atoms with Gasteiger partial charge in [0.2, 0.25) is 0 Å². The predicted octanol–water partition coefficient (Wildman–Crippen LogP) is -0.959. The lowest BCUT2D eigenvalue weighted by molar-refractivity contribution is -0.146. The molecule has 1 rings (SSSR count). The molecule has 0 aromatic carbocycles. The van der Waals surface area contributed by atoms with E-state index in [-0.39, 0.29) is 0 Å². The van der Waals surface area contributed by atoms with Gasteiger partial charge in [0.25, 0.3) is 0 Å². The van der Waals surface area contributed by atoms with Gasteiger partial charge in [-0.3, -0.25) is 4.79 Å². The maximum atomic E-state index is 10.4. The van der Waals surface area contributed by atoms with Gasteiger partial charge in [0, 0.05) is 6.54 Å². The van der Waals surface area contributed by atoms with E-state index in [9.17, 15) is 4.79 Å². The molecule has 0 aliphatic carbocycles. The topological polar surface area (TPSA) is 69.6 Å². The minimum Gasteiger partial charge on any atom is -0.481 e. The van der Waals surface area contributed by atoms with Crippen LogP contribution in [0.5, 0.6) is 0 Å². The van der Waals surface area contributed by atoms with Crippen molar-refractivity contribution in [2.24, 2.45) is 5.92 Å². The van der Waals surface area contributed by atoms with Gasteiger partial charge in [0.1, 0.15) is 0 Å². The molecule has 2 atom stereocenters. The van der Waals surface area contributed by atoms with Crippen LogP contribution >= 0.6 is 0 Å². The van der Waals surface area contributed by atoms with Crippen LogP contribution in [0.3, 0.4) is 0 Å². The number of β-amino-alcohol motifs (C(OH)–C–C–N with tert-alkyl or cyclic N) is 1. The summed E-state index contributed by atoms with van der Waals surface area (Å²) in [5, 5.41) is 20.5. The third-order valence-corrected chi connectivity index (χ3v) is 1.77. The van der Waals surface area contributed by atoms with Gasteiger partial charge in [-0.15, -0.1) is 0 Å². The molecular weight excluding hydrogens is 134 g/mol. The molecule has 0 unspecified atom stereocenters. The molecule has 0 amide bonds. The zero-order valence-corrected chi connectivity index (χ0v) is 5.58. The SMILES string of the molecule is O=C(O)[C@@H]1CCNC[C@@H]1O. The molecule has 1 saturated heterocycles. The monoisotopic (exact) mass is 145 g/mol. The largest absolute Gasteiger partial charge is 0.481 e. The molecule has 4 nitrogen and oxygen atoms in total. The molecule has 0 aromatic heterocycles. The number of piperidine rings is 1. The molecule has 3 N–H and O–H groups in total. The van der Waals surface area contributed by atoms with E-state index in [0.29, 0.717) is 19.5 Å². The summed E-state index contributed by atoms with van der Waals surface area (Å²) in [5.74, 6) is -1.46. The number of hydrogen-bond donors (Lipinski definition) is 3. The first-order valence-electron chi connectivity index (χ1n) is 3.33. The van der Waals surface area contributed by atoms with Gasteiger partial charge in [-0.05, 0) is 13.0 Å². The molecule has 4 heteroatoms. The lowest BCUT2D eigenvalue weighted by Gasteiger charge is -2.24. The Kier molecular flexibility index (Phi) is 2.24. The summed E-state index contributed by atoms with van der Waals surface area (Å²) < 4.78 is 0. The number of nitrogens with one attached hydrogen (secondary N) is 1. The third kappa shape index (κ3) is 1.46. The Morgan fingerprint density at radius 2 is 2.30 bits per heavy atom. The van der Waals surface area contributed by atoms with E-state index in [1.807, 2.05) is 0 Å². The van der Waals surface area contributed by atoms with Gasteiger partial charge in [0.05, 0.1) is 12.0 Å². The Hall–Kier alpha value is -0.610. The molecule has 1 aliphatic heterocycles. The molecule has 1 fully saturated rings. The summed E-state index contributed by atoms with van der Waals surface area (Å²) in [6.45, 7) is 1.09. The fourth-order valence-electron chi connectivity index (χ4n) is 1.13. The summed E-state index contributed by atoms with van der Waals surface area (Å²) in [6.07, 6.45) is -0.192. The second-order valence-corrected chi connectivity index (χ2v) is 2.50. The Morgan fingerprint density at radius 3 is 2.70 bits per heavy atom. The fourth-order valence-corrected chi connectivity index (χ4v) is 1.13. The van der Waals surface area contributed by atoms with Crippen molar-refractivity contribution in [3.63, 3.8) is 0 Å². The minimum atomic E-state index is -0.894. The van der Waals surface area contributed by atoms with Gasteiger partial charge in [0.15, 0.2) is 0 Å². The van der Waals surface area contributed by atoms with E-state index in [1.165, 1.54) is 0 Å². The highest BCUT2D eigenvalue weighted by atomic mass is 16.4. The van der Waals surface area contributed by atoms with Crippen molar-refractivity contribution < 1.29 is 15.0 Å². The summed E-state index contributed by atoms with van der Waals surface area (Å²) in [4.78, 5) is 10.4. The van der Waals surface area contributed by atoms with Crippen molar-refractivity contribution in [3.8, 4) is 0 Å². The summed E-state index contributed by atoms with van der Waals surface area (Å²) >= 11 is 0. The highest BCUT2D eigenvalue weighted by molar-refractivity contribution is 5.70. The third-order valence-electron chi connectivity index (χ3n) is 1.77. The summed E-state index contributed by atoms with van der Waals surface area (Å²) in [5.41, 5.74) is 0. The number of aliphatic hydroxyl groups is 1. The van der Waals surface area contributed by atoms with Crippen molar-refractivity contribution >= 4 is 5.97 Å². The predicted molar refractivity (Wildman–Crippen MR) is 34.6 cm³/mol. The quantitative estimate of drug-likeness (QED) is 0.444. The van der Waals surface area contributed by atoms with Gasteiger partial charge >= 0.3 is 5.97 Å². The Bertz CT molecular complexity index is 137. The van der Waals surface area contributed by atoms with Gasteiger partial charge in [-0.1, -0.05) is 0 Å². The first-order chi connectivity index (χ1) is 4.72. The molecule has 10 heavy (non-hydrogen) atoms. The standard InChI is InChI=1S/C6H11NO3/c8-5-3-7-2-1-4(5)6(9)10/h4-5,7-8H,1-3H2,(H,9,10)/t4-,5+/m1/s1. The van der Waals surface area contributed by atoms with Crippen LogP contribution in [0.2, 0.25) is 0 Å². The maximum Gasteiger partial charge on any atom is 0.309 e. The first-order valence-corrected chi connectivity index (χ1v) is 3.33. The zero-order valence-electron chi connectivity index (χ0n) is 5.58. The Balaban J connectivity index is 2.47. The van der Waals surface area contributed by atoms with E-state index in [1.54, 1.807) is 0 Å². The maximum absolute atomic E-state index is 10.4.